The van der Waals surface area contributed by atoms with E-state index in [1.165, 1.54) is 5.56 Å². The Morgan fingerprint density at radius 1 is 1.30 bits per heavy atom. The fraction of sp³-hybridized carbons (Fsp3) is 0.650. The van der Waals surface area contributed by atoms with E-state index in [0.29, 0.717) is 6.04 Å². The van der Waals surface area contributed by atoms with E-state index < -0.39 is 0 Å². The molecule has 6 nitrogen and oxygen atoms in total. The number of aliphatic imine (C=N–C) groups is 1. The highest BCUT2D eigenvalue weighted by molar-refractivity contribution is 14.0. The summed E-state index contributed by atoms with van der Waals surface area (Å²) in [7, 11) is 1.72. The van der Waals surface area contributed by atoms with Crippen molar-refractivity contribution in [3.63, 3.8) is 0 Å². The summed E-state index contributed by atoms with van der Waals surface area (Å²) in [5.41, 5.74) is 2.42. The summed E-state index contributed by atoms with van der Waals surface area (Å²) < 4.78 is 10.8. The van der Waals surface area contributed by atoms with Gasteiger partial charge in [0, 0.05) is 32.2 Å². The Morgan fingerprint density at radius 3 is 2.70 bits per heavy atom. The Kier molecular flexibility index (Phi) is 11.7. The third-order valence-corrected chi connectivity index (χ3v) is 4.71. The third kappa shape index (κ3) is 8.23. The molecule has 0 saturated carbocycles. The van der Waals surface area contributed by atoms with Gasteiger partial charge in [-0.2, -0.15) is 0 Å². The quantitative estimate of drug-likeness (QED) is 0.333. The first-order chi connectivity index (χ1) is 12.6. The summed E-state index contributed by atoms with van der Waals surface area (Å²) in [4.78, 5) is 7.19. The number of guanidine groups is 1. The first kappa shape index (κ1) is 24.0. The van der Waals surface area contributed by atoms with Crippen molar-refractivity contribution < 1.29 is 9.47 Å². The lowest BCUT2D eigenvalue weighted by molar-refractivity contribution is 0.0220. The molecule has 1 fully saturated rings. The summed E-state index contributed by atoms with van der Waals surface area (Å²) in [5.74, 6) is 1.83. The number of hydrogen-bond donors (Lipinski definition) is 2. The van der Waals surface area contributed by atoms with Crippen LogP contribution in [0.5, 0.6) is 5.75 Å². The summed E-state index contributed by atoms with van der Waals surface area (Å²) in [6.07, 6.45) is 0.931. The smallest absolute Gasteiger partial charge is 0.191 e. The summed E-state index contributed by atoms with van der Waals surface area (Å²) in [6, 6.07) is 6.80. The van der Waals surface area contributed by atoms with Crippen LogP contribution < -0.4 is 15.4 Å². The van der Waals surface area contributed by atoms with Crippen LogP contribution in [0.3, 0.4) is 0 Å². The van der Waals surface area contributed by atoms with Crippen LogP contribution in [0.4, 0.5) is 0 Å². The van der Waals surface area contributed by atoms with Gasteiger partial charge in [0.15, 0.2) is 5.96 Å². The van der Waals surface area contributed by atoms with Gasteiger partial charge >= 0.3 is 0 Å². The Labute approximate surface area is 181 Å². The summed E-state index contributed by atoms with van der Waals surface area (Å²) in [6.45, 7) is 12.5. The molecule has 0 amide bonds. The molecule has 1 unspecified atom stereocenters. The maximum atomic E-state index is 5.42. The van der Waals surface area contributed by atoms with Crippen LogP contribution in [0.1, 0.15) is 25.0 Å². The highest BCUT2D eigenvalue weighted by atomic mass is 127. The van der Waals surface area contributed by atoms with Gasteiger partial charge in [0.2, 0.25) is 0 Å². The van der Waals surface area contributed by atoms with Gasteiger partial charge in [-0.05, 0) is 44.4 Å². The van der Waals surface area contributed by atoms with Crippen LogP contribution in [-0.4, -0.2) is 69.9 Å². The second kappa shape index (κ2) is 13.2. The van der Waals surface area contributed by atoms with Gasteiger partial charge in [-0.1, -0.05) is 12.1 Å². The highest BCUT2D eigenvalue weighted by Crippen LogP contribution is 2.18. The molecule has 1 aliphatic heterocycles. The average Bonchev–Trinajstić information content (AvgIpc) is 2.67. The fourth-order valence-corrected chi connectivity index (χ4v) is 3.04. The Bertz CT molecular complexity index is 577. The van der Waals surface area contributed by atoms with Crippen molar-refractivity contribution in [2.45, 2.75) is 33.2 Å². The van der Waals surface area contributed by atoms with Crippen LogP contribution >= 0.6 is 24.0 Å². The topological polar surface area (TPSA) is 58.1 Å². The zero-order chi connectivity index (χ0) is 18.8. The van der Waals surface area contributed by atoms with Gasteiger partial charge in [0.05, 0.1) is 26.9 Å². The number of benzene rings is 1. The molecule has 2 rings (SSSR count). The minimum Gasteiger partial charge on any atom is -0.496 e. The summed E-state index contributed by atoms with van der Waals surface area (Å²) >= 11 is 0. The molecule has 154 valence electrons. The maximum absolute atomic E-state index is 5.42. The Balaban J connectivity index is 0.00000364. The zero-order valence-electron chi connectivity index (χ0n) is 17.1. The third-order valence-electron chi connectivity index (χ3n) is 4.71. The molecule has 1 aromatic carbocycles. The van der Waals surface area contributed by atoms with Crippen molar-refractivity contribution in [2.75, 3.05) is 53.0 Å². The number of halogens is 1. The summed E-state index contributed by atoms with van der Waals surface area (Å²) in [5, 5.41) is 6.76. The first-order valence-electron chi connectivity index (χ1n) is 9.61. The molecule has 1 saturated heterocycles. The van der Waals surface area contributed by atoms with Crippen molar-refractivity contribution in [3.8, 4) is 5.75 Å². The first-order valence-corrected chi connectivity index (χ1v) is 9.61. The molecule has 0 aromatic heterocycles. The molecule has 1 aromatic rings. The van der Waals surface area contributed by atoms with Crippen molar-refractivity contribution >= 4 is 29.9 Å². The second-order valence-electron chi connectivity index (χ2n) is 6.70. The predicted octanol–water partition coefficient (Wildman–Crippen LogP) is 2.44. The SMILES string of the molecule is CCNC(=NCC(C)N1CCOCC1)NCCc1ccc(C)c(OC)c1.I. The maximum Gasteiger partial charge on any atom is 0.191 e. The minimum absolute atomic E-state index is 0. The van der Waals surface area contributed by atoms with Crippen molar-refractivity contribution in [1.82, 2.24) is 15.5 Å². The van der Waals surface area contributed by atoms with Gasteiger partial charge in [-0.3, -0.25) is 9.89 Å². The molecule has 1 heterocycles. The lowest BCUT2D eigenvalue weighted by Gasteiger charge is -2.31. The molecule has 0 spiro atoms. The second-order valence-corrected chi connectivity index (χ2v) is 6.70. The number of morpholine rings is 1. The highest BCUT2D eigenvalue weighted by Gasteiger charge is 2.16. The molecule has 2 N–H and O–H groups in total. The van der Waals surface area contributed by atoms with Crippen LogP contribution in [0, 0.1) is 6.92 Å². The van der Waals surface area contributed by atoms with E-state index in [-0.39, 0.29) is 24.0 Å². The van der Waals surface area contributed by atoms with E-state index in [4.69, 9.17) is 14.5 Å². The molecule has 1 atom stereocenters. The van der Waals surface area contributed by atoms with Gasteiger partial charge in [-0.25, -0.2) is 0 Å². The number of hydrogen-bond acceptors (Lipinski definition) is 4. The number of rotatable bonds is 8. The van der Waals surface area contributed by atoms with E-state index in [1.54, 1.807) is 7.11 Å². The van der Waals surface area contributed by atoms with E-state index in [0.717, 1.165) is 69.6 Å². The number of nitrogens with zero attached hydrogens (tertiary/aromatic N) is 2. The van der Waals surface area contributed by atoms with Crippen LogP contribution in [0.15, 0.2) is 23.2 Å². The molecule has 27 heavy (non-hydrogen) atoms. The zero-order valence-corrected chi connectivity index (χ0v) is 19.4. The Morgan fingerprint density at radius 2 is 2.04 bits per heavy atom. The van der Waals surface area contributed by atoms with Crippen LogP contribution in [0.2, 0.25) is 0 Å². The van der Waals surface area contributed by atoms with Crippen LogP contribution in [-0.2, 0) is 11.2 Å². The van der Waals surface area contributed by atoms with Crippen molar-refractivity contribution in [2.24, 2.45) is 4.99 Å². The standard InChI is InChI=1S/C20H34N4O2.HI/c1-5-21-20(23-15-17(3)24-10-12-26-13-11-24)22-9-8-18-7-6-16(2)19(14-18)25-4;/h6-7,14,17H,5,8-13,15H2,1-4H3,(H2,21,22,23);1H. The molecule has 1 aliphatic rings. The van der Waals surface area contributed by atoms with Gasteiger partial charge in [0.1, 0.15) is 5.75 Å². The van der Waals surface area contributed by atoms with Gasteiger partial charge in [-0.15, -0.1) is 24.0 Å². The molecule has 0 aliphatic carbocycles. The fourth-order valence-electron chi connectivity index (χ4n) is 3.04. The number of methoxy groups -OCH3 is 1. The number of aryl methyl sites for hydroxylation is 1. The van der Waals surface area contributed by atoms with Crippen LogP contribution in [0.25, 0.3) is 0 Å². The lowest BCUT2D eigenvalue weighted by atomic mass is 10.1. The normalized spacial score (nSPS) is 16.4. The molecular formula is C20H35IN4O2. The molecule has 0 bridgehead atoms. The average molecular weight is 490 g/mol. The molecule has 0 radical (unpaired) electrons. The minimum atomic E-state index is 0. The van der Waals surface area contributed by atoms with E-state index in [2.05, 4.69) is 54.5 Å². The molecular weight excluding hydrogens is 455 g/mol. The van der Waals surface area contributed by atoms with Crippen molar-refractivity contribution in [3.05, 3.63) is 29.3 Å². The van der Waals surface area contributed by atoms with Gasteiger partial charge in [0.25, 0.3) is 0 Å². The van der Waals surface area contributed by atoms with E-state index in [1.807, 2.05) is 0 Å². The number of nitrogens with one attached hydrogen (secondary N) is 2. The largest absolute Gasteiger partial charge is 0.496 e. The van der Waals surface area contributed by atoms with Crippen molar-refractivity contribution in [1.29, 1.82) is 0 Å². The lowest BCUT2D eigenvalue weighted by Crippen LogP contribution is -2.44. The van der Waals surface area contributed by atoms with E-state index >= 15 is 0 Å². The van der Waals surface area contributed by atoms with E-state index in [9.17, 15) is 0 Å². The monoisotopic (exact) mass is 490 g/mol. The molecule has 7 heteroatoms. The Hall–Kier alpha value is -1.06. The predicted molar refractivity (Wildman–Crippen MR) is 123 cm³/mol. The number of ether oxygens (including phenoxy) is 2. The van der Waals surface area contributed by atoms with Gasteiger partial charge < -0.3 is 20.1 Å².